The summed E-state index contributed by atoms with van der Waals surface area (Å²) in [5.74, 6) is -1.29. The van der Waals surface area contributed by atoms with Crippen LogP contribution >= 0.6 is 11.6 Å². The maximum absolute atomic E-state index is 10.1. The Hall–Kier alpha value is -1.09. The van der Waals surface area contributed by atoms with E-state index in [0.717, 1.165) is 0 Å². The Morgan fingerprint density at radius 1 is 1.60 bits per heavy atom. The van der Waals surface area contributed by atoms with Crippen molar-refractivity contribution < 1.29 is 9.90 Å². The van der Waals surface area contributed by atoms with Gasteiger partial charge in [-0.3, -0.25) is 4.98 Å². The van der Waals surface area contributed by atoms with E-state index in [0.29, 0.717) is 5.02 Å². The van der Waals surface area contributed by atoms with Gasteiger partial charge in [-0.2, -0.15) is 0 Å². The maximum atomic E-state index is 10.1. The summed E-state index contributed by atoms with van der Waals surface area (Å²) >= 11 is 5.44. The molecule has 1 aromatic heterocycles. The second kappa shape index (κ2) is 2.66. The van der Waals surface area contributed by atoms with Gasteiger partial charge in [0.15, 0.2) is 0 Å². The van der Waals surface area contributed by atoms with E-state index in [4.69, 9.17) is 11.6 Å². The van der Waals surface area contributed by atoms with Gasteiger partial charge < -0.3 is 9.90 Å². The number of aromatic nitrogens is 1. The fourth-order valence-corrected chi connectivity index (χ4v) is 0.608. The molecule has 3 nitrogen and oxygen atoms in total. The molecule has 1 aromatic rings. The van der Waals surface area contributed by atoms with Gasteiger partial charge in [0.25, 0.3) is 0 Å². The third-order valence-electron chi connectivity index (χ3n) is 0.937. The van der Waals surface area contributed by atoms with Crippen molar-refractivity contribution in [3.8, 4) is 0 Å². The van der Waals surface area contributed by atoms with Crippen LogP contribution in [0.4, 0.5) is 0 Å². The van der Waals surface area contributed by atoms with Crippen LogP contribution in [0.2, 0.25) is 5.02 Å². The summed E-state index contributed by atoms with van der Waals surface area (Å²) < 4.78 is 0. The van der Waals surface area contributed by atoms with Gasteiger partial charge in [0.05, 0.1) is 16.7 Å². The number of carboxylic acids is 1. The fourth-order valence-electron chi connectivity index (χ4n) is 0.497. The minimum absolute atomic E-state index is 0.107. The SMILES string of the molecule is O=C([O-])c1ccc(Cl)cn1. The van der Waals surface area contributed by atoms with Crippen LogP contribution in [0.25, 0.3) is 0 Å². The number of carbonyl (C=O) groups is 1. The number of aromatic carboxylic acids is 1. The molecule has 0 saturated heterocycles. The van der Waals surface area contributed by atoms with Gasteiger partial charge in [0.1, 0.15) is 0 Å². The highest BCUT2D eigenvalue weighted by Gasteiger charge is 1.92. The molecular weight excluding hydrogens is 154 g/mol. The van der Waals surface area contributed by atoms with Gasteiger partial charge in [-0.15, -0.1) is 0 Å². The van der Waals surface area contributed by atoms with Crippen LogP contribution < -0.4 is 5.11 Å². The monoisotopic (exact) mass is 156 g/mol. The minimum Gasteiger partial charge on any atom is -0.543 e. The van der Waals surface area contributed by atoms with E-state index >= 15 is 0 Å². The number of hydrogen-bond acceptors (Lipinski definition) is 3. The zero-order valence-corrected chi connectivity index (χ0v) is 5.63. The van der Waals surface area contributed by atoms with E-state index in [1.54, 1.807) is 0 Å². The smallest absolute Gasteiger partial charge is 0.0899 e. The van der Waals surface area contributed by atoms with Crippen LogP contribution in [0.5, 0.6) is 0 Å². The van der Waals surface area contributed by atoms with Crippen LogP contribution in [0.15, 0.2) is 18.3 Å². The first-order valence-corrected chi connectivity index (χ1v) is 2.91. The summed E-state index contributed by atoms with van der Waals surface area (Å²) in [5, 5.41) is 10.5. The molecule has 0 aliphatic rings. The highest BCUT2D eigenvalue weighted by molar-refractivity contribution is 6.30. The standard InChI is InChI=1S/C6H4ClNO2/c7-4-1-2-5(6(9)10)8-3-4/h1-3H,(H,9,10)/p-1. The molecule has 0 radical (unpaired) electrons. The van der Waals surface area contributed by atoms with Crippen molar-refractivity contribution in [1.82, 2.24) is 4.98 Å². The predicted molar refractivity (Wildman–Crippen MR) is 33.6 cm³/mol. The third-order valence-corrected chi connectivity index (χ3v) is 1.16. The highest BCUT2D eigenvalue weighted by atomic mass is 35.5. The average molecular weight is 157 g/mol. The van der Waals surface area contributed by atoms with E-state index in [-0.39, 0.29) is 5.69 Å². The summed E-state index contributed by atoms with van der Waals surface area (Å²) in [6, 6.07) is 2.73. The first-order valence-electron chi connectivity index (χ1n) is 2.53. The third kappa shape index (κ3) is 1.45. The van der Waals surface area contributed by atoms with Gasteiger partial charge in [0.2, 0.25) is 0 Å². The van der Waals surface area contributed by atoms with Gasteiger partial charge in [-0.1, -0.05) is 11.6 Å². The van der Waals surface area contributed by atoms with Crippen LogP contribution in [-0.2, 0) is 0 Å². The van der Waals surface area contributed by atoms with E-state index in [2.05, 4.69) is 4.98 Å². The Labute approximate surface area is 62.3 Å². The lowest BCUT2D eigenvalue weighted by molar-refractivity contribution is -0.255. The number of nitrogens with zero attached hydrogens (tertiary/aromatic N) is 1. The number of rotatable bonds is 1. The topological polar surface area (TPSA) is 53.0 Å². The van der Waals surface area contributed by atoms with Crippen molar-refractivity contribution in [2.45, 2.75) is 0 Å². The summed E-state index contributed by atoms with van der Waals surface area (Å²) in [4.78, 5) is 13.6. The van der Waals surface area contributed by atoms with Crippen molar-refractivity contribution in [2.75, 3.05) is 0 Å². The lowest BCUT2D eigenvalue weighted by Crippen LogP contribution is -2.23. The van der Waals surface area contributed by atoms with Crippen molar-refractivity contribution in [1.29, 1.82) is 0 Å². The zero-order valence-electron chi connectivity index (χ0n) is 4.87. The van der Waals surface area contributed by atoms with Crippen LogP contribution in [0.3, 0.4) is 0 Å². The first-order chi connectivity index (χ1) is 4.70. The molecule has 10 heavy (non-hydrogen) atoms. The molecular formula is C6H3ClNO2-. The zero-order chi connectivity index (χ0) is 7.56. The van der Waals surface area contributed by atoms with Crippen molar-refractivity contribution in [3.05, 3.63) is 29.0 Å². The molecule has 0 spiro atoms. The summed E-state index contributed by atoms with van der Waals surface area (Å²) in [6.07, 6.45) is 1.26. The van der Waals surface area contributed by atoms with Crippen LogP contribution in [0, 0.1) is 0 Å². The van der Waals surface area contributed by atoms with Crippen molar-refractivity contribution in [2.24, 2.45) is 0 Å². The molecule has 1 rings (SSSR count). The molecule has 0 aliphatic carbocycles. The van der Waals surface area contributed by atoms with Gasteiger partial charge in [0, 0.05) is 6.20 Å². The van der Waals surface area contributed by atoms with E-state index < -0.39 is 5.97 Å². The molecule has 4 heteroatoms. The second-order valence-electron chi connectivity index (χ2n) is 1.65. The summed E-state index contributed by atoms with van der Waals surface area (Å²) in [7, 11) is 0. The Morgan fingerprint density at radius 3 is 2.70 bits per heavy atom. The Balaban J connectivity index is 3.00. The Kier molecular flexibility index (Phi) is 1.87. The Bertz CT molecular complexity index is 244. The Morgan fingerprint density at radius 2 is 2.30 bits per heavy atom. The molecule has 0 aromatic carbocycles. The molecule has 0 aliphatic heterocycles. The van der Waals surface area contributed by atoms with Crippen LogP contribution in [0.1, 0.15) is 10.5 Å². The van der Waals surface area contributed by atoms with Gasteiger partial charge in [-0.25, -0.2) is 0 Å². The quantitative estimate of drug-likeness (QED) is 0.580. The number of halogens is 1. The van der Waals surface area contributed by atoms with Gasteiger partial charge >= 0.3 is 0 Å². The molecule has 0 amide bonds. The summed E-state index contributed by atoms with van der Waals surface area (Å²) in [5.41, 5.74) is -0.107. The first kappa shape index (κ1) is 7.02. The van der Waals surface area contributed by atoms with Gasteiger partial charge in [-0.05, 0) is 12.1 Å². The number of hydrogen-bond donors (Lipinski definition) is 0. The fraction of sp³-hybridized carbons (Fsp3) is 0. The molecule has 0 bridgehead atoms. The van der Waals surface area contributed by atoms with E-state index in [9.17, 15) is 9.90 Å². The highest BCUT2D eigenvalue weighted by Crippen LogP contribution is 2.04. The number of carboxylic acid groups (broad SMARTS) is 1. The number of carbonyl (C=O) groups excluding carboxylic acids is 1. The maximum Gasteiger partial charge on any atom is 0.0899 e. The molecule has 1 heterocycles. The van der Waals surface area contributed by atoms with Crippen molar-refractivity contribution >= 4 is 17.6 Å². The lowest BCUT2D eigenvalue weighted by atomic mass is 10.4. The molecule has 0 saturated carbocycles. The molecule has 0 unspecified atom stereocenters. The normalized spacial score (nSPS) is 9.30. The number of pyridine rings is 1. The average Bonchev–Trinajstić information content (AvgIpc) is 1.88. The second-order valence-corrected chi connectivity index (χ2v) is 2.09. The minimum atomic E-state index is -1.29. The summed E-state index contributed by atoms with van der Waals surface area (Å²) in [6.45, 7) is 0. The van der Waals surface area contributed by atoms with Crippen molar-refractivity contribution in [3.63, 3.8) is 0 Å². The van der Waals surface area contributed by atoms with E-state index in [1.165, 1.54) is 18.3 Å². The van der Waals surface area contributed by atoms with E-state index in [1.807, 2.05) is 0 Å². The molecule has 0 fully saturated rings. The largest absolute Gasteiger partial charge is 0.543 e. The molecule has 0 N–H and O–H groups in total. The lowest BCUT2D eigenvalue weighted by Gasteiger charge is -1.98. The molecule has 0 atom stereocenters. The predicted octanol–water partition coefficient (Wildman–Crippen LogP) is 0.0985. The van der Waals surface area contributed by atoms with Crippen LogP contribution in [-0.4, -0.2) is 11.0 Å². The molecule has 52 valence electrons.